The average Bonchev–Trinajstić information content (AvgIpc) is 2.78. The molecule has 124 valence electrons. The van der Waals surface area contributed by atoms with Gasteiger partial charge in [0.1, 0.15) is 5.60 Å². The van der Waals surface area contributed by atoms with Gasteiger partial charge in [0.15, 0.2) is 0 Å². The summed E-state index contributed by atoms with van der Waals surface area (Å²) in [7, 11) is 0. The van der Waals surface area contributed by atoms with Crippen LogP contribution in [0, 0.1) is 0 Å². The van der Waals surface area contributed by atoms with E-state index in [2.05, 4.69) is 17.6 Å². The largest absolute Gasteiger partial charge is 0.444 e. The van der Waals surface area contributed by atoms with Crippen LogP contribution in [-0.2, 0) is 9.47 Å². The molecule has 5 nitrogen and oxygen atoms in total. The van der Waals surface area contributed by atoms with E-state index in [4.69, 9.17) is 9.47 Å². The number of carbonyl (C=O) groups is 1. The molecule has 21 heavy (non-hydrogen) atoms. The van der Waals surface area contributed by atoms with Gasteiger partial charge in [0.2, 0.25) is 0 Å². The van der Waals surface area contributed by atoms with Crippen molar-refractivity contribution < 1.29 is 14.3 Å². The standard InChI is InChI=1S/C16H32N2O3/c1-5-6-10-20-11-9-17-13-7-8-14(12-13)18-15(19)21-16(2,3)4/h13-14,17H,5-12H2,1-4H3,(H,18,19). The van der Waals surface area contributed by atoms with Crippen molar-refractivity contribution in [1.29, 1.82) is 0 Å². The number of carbonyl (C=O) groups excluding carboxylic acids is 1. The molecule has 1 amide bonds. The highest BCUT2D eigenvalue weighted by atomic mass is 16.6. The lowest BCUT2D eigenvalue weighted by Crippen LogP contribution is -2.39. The fourth-order valence-corrected chi connectivity index (χ4v) is 2.46. The molecule has 2 unspecified atom stereocenters. The third kappa shape index (κ3) is 8.94. The zero-order chi connectivity index (χ0) is 15.7. The van der Waals surface area contributed by atoms with E-state index in [0.717, 1.165) is 45.4 Å². The van der Waals surface area contributed by atoms with E-state index in [1.54, 1.807) is 0 Å². The average molecular weight is 300 g/mol. The Morgan fingerprint density at radius 1 is 1.19 bits per heavy atom. The monoisotopic (exact) mass is 300 g/mol. The summed E-state index contributed by atoms with van der Waals surface area (Å²) in [6.45, 7) is 10.3. The Bertz CT molecular complexity index is 302. The van der Waals surface area contributed by atoms with Gasteiger partial charge in [-0.15, -0.1) is 0 Å². The molecule has 1 fully saturated rings. The van der Waals surface area contributed by atoms with Crippen molar-refractivity contribution in [2.75, 3.05) is 19.8 Å². The maximum Gasteiger partial charge on any atom is 0.407 e. The predicted molar refractivity (Wildman–Crippen MR) is 84.5 cm³/mol. The highest BCUT2D eigenvalue weighted by Gasteiger charge is 2.27. The van der Waals surface area contributed by atoms with Crippen molar-refractivity contribution in [3.8, 4) is 0 Å². The summed E-state index contributed by atoms with van der Waals surface area (Å²) < 4.78 is 10.8. The Hall–Kier alpha value is -0.810. The number of amides is 1. The minimum Gasteiger partial charge on any atom is -0.444 e. The quantitative estimate of drug-likeness (QED) is 0.677. The summed E-state index contributed by atoms with van der Waals surface area (Å²) in [5, 5.41) is 6.44. The minimum absolute atomic E-state index is 0.221. The van der Waals surface area contributed by atoms with E-state index in [1.165, 1.54) is 6.42 Å². The molecule has 1 aliphatic rings. The highest BCUT2D eigenvalue weighted by Crippen LogP contribution is 2.19. The molecule has 0 heterocycles. The Morgan fingerprint density at radius 2 is 1.90 bits per heavy atom. The molecule has 2 N–H and O–H groups in total. The van der Waals surface area contributed by atoms with E-state index in [-0.39, 0.29) is 12.1 Å². The van der Waals surface area contributed by atoms with Crippen molar-refractivity contribution in [3.63, 3.8) is 0 Å². The molecule has 0 radical (unpaired) electrons. The lowest BCUT2D eigenvalue weighted by atomic mass is 10.2. The van der Waals surface area contributed by atoms with E-state index in [0.29, 0.717) is 6.04 Å². The summed E-state index contributed by atoms with van der Waals surface area (Å²) in [5.41, 5.74) is -0.434. The molecule has 1 rings (SSSR count). The van der Waals surface area contributed by atoms with Gasteiger partial charge in [-0.05, 0) is 46.5 Å². The van der Waals surface area contributed by atoms with Crippen molar-refractivity contribution in [2.45, 2.75) is 77.5 Å². The molecule has 0 aromatic rings. The number of ether oxygens (including phenoxy) is 2. The van der Waals surface area contributed by atoms with Gasteiger partial charge in [-0.2, -0.15) is 0 Å². The molecular weight excluding hydrogens is 268 g/mol. The first-order valence-corrected chi connectivity index (χ1v) is 8.21. The third-order valence-corrected chi connectivity index (χ3v) is 3.48. The second kappa shape index (κ2) is 9.26. The van der Waals surface area contributed by atoms with Crippen LogP contribution in [0.4, 0.5) is 4.79 Å². The number of rotatable bonds is 8. The van der Waals surface area contributed by atoms with E-state index in [9.17, 15) is 4.79 Å². The number of nitrogens with one attached hydrogen (secondary N) is 2. The molecule has 1 saturated carbocycles. The first-order chi connectivity index (χ1) is 9.90. The second-order valence-electron chi connectivity index (χ2n) is 6.77. The molecular formula is C16H32N2O3. The van der Waals surface area contributed by atoms with Crippen molar-refractivity contribution in [3.05, 3.63) is 0 Å². The minimum atomic E-state index is -0.434. The second-order valence-corrected chi connectivity index (χ2v) is 6.77. The van der Waals surface area contributed by atoms with E-state index < -0.39 is 5.60 Å². The number of hydrogen-bond donors (Lipinski definition) is 2. The number of unbranched alkanes of at least 4 members (excludes halogenated alkanes) is 1. The van der Waals surface area contributed by atoms with Crippen LogP contribution < -0.4 is 10.6 Å². The highest BCUT2D eigenvalue weighted by molar-refractivity contribution is 5.68. The Labute approximate surface area is 129 Å². The fourth-order valence-electron chi connectivity index (χ4n) is 2.46. The Balaban J connectivity index is 2.08. The van der Waals surface area contributed by atoms with E-state index in [1.807, 2.05) is 20.8 Å². The zero-order valence-electron chi connectivity index (χ0n) is 14.0. The summed E-state index contributed by atoms with van der Waals surface area (Å²) in [6, 6.07) is 0.693. The molecule has 0 aliphatic heterocycles. The normalized spacial score (nSPS) is 22.3. The van der Waals surface area contributed by atoms with Gasteiger partial charge in [-0.25, -0.2) is 4.79 Å². The van der Waals surface area contributed by atoms with Gasteiger partial charge in [0, 0.05) is 25.2 Å². The predicted octanol–water partition coefficient (Wildman–Crippen LogP) is 2.84. The smallest absolute Gasteiger partial charge is 0.407 e. The van der Waals surface area contributed by atoms with Crippen molar-refractivity contribution >= 4 is 6.09 Å². The first kappa shape index (κ1) is 18.2. The van der Waals surface area contributed by atoms with Crippen LogP contribution in [0.2, 0.25) is 0 Å². The number of hydrogen-bond acceptors (Lipinski definition) is 4. The van der Waals surface area contributed by atoms with Crippen LogP contribution in [0.3, 0.4) is 0 Å². The molecule has 0 bridgehead atoms. The SMILES string of the molecule is CCCCOCCNC1CCC(NC(=O)OC(C)(C)C)C1. The van der Waals surface area contributed by atoms with Crippen LogP contribution in [0.25, 0.3) is 0 Å². The maximum atomic E-state index is 11.7. The molecule has 0 saturated heterocycles. The maximum absolute atomic E-state index is 11.7. The van der Waals surface area contributed by atoms with Gasteiger partial charge < -0.3 is 20.1 Å². The topological polar surface area (TPSA) is 59.6 Å². The summed E-state index contributed by atoms with van der Waals surface area (Å²) >= 11 is 0. The van der Waals surface area contributed by atoms with Crippen LogP contribution >= 0.6 is 0 Å². The molecule has 2 atom stereocenters. The molecule has 1 aliphatic carbocycles. The Kier molecular flexibility index (Phi) is 8.04. The summed E-state index contributed by atoms with van der Waals surface area (Å²) in [4.78, 5) is 11.7. The molecule has 0 aromatic heterocycles. The van der Waals surface area contributed by atoms with Gasteiger partial charge >= 0.3 is 6.09 Å². The first-order valence-electron chi connectivity index (χ1n) is 8.21. The molecule has 0 aromatic carbocycles. The third-order valence-electron chi connectivity index (χ3n) is 3.48. The lowest BCUT2D eigenvalue weighted by molar-refractivity contribution is 0.0505. The summed E-state index contributed by atoms with van der Waals surface area (Å²) in [5.74, 6) is 0. The van der Waals surface area contributed by atoms with Crippen LogP contribution in [0.5, 0.6) is 0 Å². The van der Waals surface area contributed by atoms with Gasteiger partial charge in [-0.1, -0.05) is 13.3 Å². The Morgan fingerprint density at radius 3 is 2.57 bits per heavy atom. The summed E-state index contributed by atoms with van der Waals surface area (Å²) in [6.07, 6.45) is 5.06. The van der Waals surface area contributed by atoms with Gasteiger partial charge in [0.25, 0.3) is 0 Å². The van der Waals surface area contributed by atoms with Gasteiger partial charge in [-0.3, -0.25) is 0 Å². The molecule has 0 spiro atoms. The van der Waals surface area contributed by atoms with E-state index >= 15 is 0 Å². The zero-order valence-corrected chi connectivity index (χ0v) is 14.0. The molecule has 5 heteroatoms. The van der Waals surface area contributed by atoms with Crippen molar-refractivity contribution in [2.24, 2.45) is 0 Å². The van der Waals surface area contributed by atoms with Crippen LogP contribution in [0.1, 0.15) is 59.8 Å². The van der Waals surface area contributed by atoms with Gasteiger partial charge in [0.05, 0.1) is 6.61 Å². The van der Waals surface area contributed by atoms with Crippen LogP contribution in [0.15, 0.2) is 0 Å². The van der Waals surface area contributed by atoms with Crippen LogP contribution in [-0.4, -0.2) is 43.5 Å². The fraction of sp³-hybridized carbons (Fsp3) is 0.938. The number of alkyl carbamates (subject to hydrolysis) is 1. The van der Waals surface area contributed by atoms with Crippen molar-refractivity contribution in [1.82, 2.24) is 10.6 Å². The lowest BCUT2D eigenvalue weighted by Gasteiger charge is -2.21.